The molecule has 1 atom stereocenters. The molecule has 2 rings (SSSR count). The van der Waals surface area contributed by atoms with Crippen LogP contribution < -0.4 is 0 Å². The summed E-state index contributed by atoms with van der Waals surface area (Å²) in [4.78, 5) is 11.0. The van der Waals surface area contributed by atoms with Crippen LogP contribution in [-0.2, 0) is 4.79 Å². The predicted octanol–water partition coefficient (Wildman–Crippen LogP) is 2.13. The van der Waals surface area contributed by atoms with Crippen LogP contribution in [0.5, 0.6) is 0 Å². The number of hydrogen-bond donors (Lipinski definition) is 0. The van der Waals surface area contributed by atoms with Crippen molar-refractivity contribution in [2.24, 2.45) is 0 Å². The minimum atomic E-state index is 0.219. The molecule has 0 bridgehead atoms. The number of carbonyl (C=O) groups excluding carboxylic acids is 1. The SMILES string of the molecule is O=C1CC[C@@H]1c1ccccc1. The van der Waals surface area contributed by atoms with Crippen molar-refractivity contribution >= 4 is 5.78 Å². The molecule has 1 nitrogen and oxygen atoms in total. The van der Waals surface area contributed by atoms with Crippen LogP contribution in [0.25, 0.3) is 0 Å². The van der Waals surface area contributed by atoms with Gasteiger partial charge in [-0.3, -0.25) is 4.79 Å². The van der Waals surface area contributed by atoms with Crippen molar-refractivity contribution in [3.63, 3.8) is 0 Å². The van der Waals surface area contributed by atoms with Crippen LogP contribution in [-0.4, -0.2) is 5.78 Å². The predicted molar refractivity (Wildman–Crippen MR) is 43.4 cm³/mol. The van der Waals surface area contributed by atoms with Gasteiger partial charge in [0.05, 0.1) is 0 Å². The molecule has 11 heavy (non-hydrogen) atoms. The fourth-order valence-corrected chi connectivity index (χ4v) is 1.44. The summed E-state index contributed by atoms with van der Waals surface area (Å²) >= 11 is 0. The summed E-state index contributed by atoms with van der Waals surface area (Å²) in [6.45, 7) is 0. The molecule has 0 aromatic heterocycles. The second kappa shape index (κ2) is 2.50. The fourth-order valence-electron chi connectivity index (χ4n) is 1.44. The van der Waals surface area contributed by atoms with Gasteiger partial charge < -0.3 is 0 Å². The highest BCUT2D eigenvalue weighted by molar-refractivity contribution is 5.91. The van der Waals surface area contributed by atoms with Gasteiger partial charge in [-0.1, -0.05) is 30.3 Å². The summed E-state index contributed by atoms with van der Waals surface area (Å²) in [5.74, 6) is 0.618. The molecule has 56 valence electrons. The zero-order valence-electron chi connectivity index (χ0n) is 6.29. The number of Topliss-reactive ketones (excluding diaryl/α,β-unsaturated/α-hetero) is 1. The van der Waals surface area contributed by atoms with Crippen LogP contribution in [0.4, 0.5) is 0 Å². The Labute approximate surface area is 66.0 Å². The third-order valence-corrected chi connectivity index (χ3v) is 2.27. The third-order valence-electron chi connectivity index (χ3n) is 2.27. The smallest absolute Gasteiger partial charge is 0.140 e. The minimum Gasteiger partial charge on any atom is -0.299 e. The first-order valence-electron chi connectivity index (χ1n) is 3.95. The molecule has 1 fully saturated rings. The van der Waals surface area contributed by atoms with E-state index >= 15 is 0 Å². The number of rotatable bonds is 1. The zero-order chi connectivity index (χ0) is 7.68. The molecule has 1 aromatic carbocycles. The highest BCUT2D eigenvalue weighted by Crippen LogP contribution is 2.32. The van der Waals surface area contributed by atoms with Crippen molar-refractivity contribution in [3.8, 4) is 0 Å². The van der Waals surface area contributed by atoms with E-state index in [1.54, 1.807) is 0 Å². The van der Waals surface area contributed by atoms with Crippen molar-refractivity contribution in [3.05, 3.63) is 35.9 Å². The second-order valence-electron chi connectivity index (χ2n) is 2.97. The Hall–Kier alpha value is -1.11. The van der Waals surface area contributed by atoms with Gasteiger partial charge in [0.15, 0.2) is 0 Å². The molecular weight excluding hydrogens is 136 g/mol. The highest BCUT2D eigenvalue weighted by atomic mass is 16.1. The molecule has 0 saturated heterocycles. The summed E-state index contributed by atoms with van der Waals surface area (Å²) in [6, 6.07) is 10.0. The van der Waals surface area contributed by atoms with Crippen molar-refractivity contribution in [1.82, 2.24) is 0 Å². The Balaban J connectivity index is 2.23. The van der Waals surface area contributed by atoms with Crippen LogP contribution in [0.15, 0.2) is 30.3 Å². The quantitative estimate of drug-likeness (QED) is 0.593. The van der Waals surface area contributed by atoms with Gasteiger partial charge >= 0.3 is 0 Å². The molecule has 1 aliphatic carbocycles. The standard InChI is InChI=1S/C10H10O/c11-10-7-6-9(10)8-4-2-1-3-5-8/h1-5,9H,6-7H2/t9-/m1/s1. The molecule has 1 heteroatoms. The summed E-state index contributed by atoms with van der Waals surface area (Å²) < 4.78 is 0. The van der Waals surface area contributed by atoms with E-state index in [9.17, 15) is 4.79 Å². The molecule has 1 aromatic rings. The van der Waals surface area contributed by atoms with Crippen LogP contribution in [0.3, 0.4) is 0 Å². The van der Waals surface area contributed by atoms with Gasteiger partial charge in [0.2, 0.25) is 0 Å². The highest BCUT2D eigenvalue weighted by Gasteiger charge is 2.28. The van der Waals surface area contributed by atoms with Crippen LogP contribution in [0.1, 0.15) is 24.3 Å². The lowest BCUT2D eigenvalue weighted by molar-refractivity contribution is -0.125. The van der Waals surface area contributed by atoms with E-state index in [2.05, 4.69) is 0 Å². The van der Waals surface area contributed by atoms with Gasteiger partial charge in [0, 0.05) is 12.3 Å². The Morgan fingerprint density at radius 3 is 2.36 bits per heavy atom. The first-order valence-corrected chi connectivity index (χ1v) is 3.95. The molecule has 0 aliphatic heterocycles. The molecule has 0 radical (unpaired) electrons. The maximum absolute atomic E-state index is 11.0. The average Bonchev–Trinajstić information content (AvgIpc) is 2.04. The molecule has 0 amide bonds. The maximum atomic E-state index is 11.0. The number of ketones is 1. The van der Waals surface area contributed by atoms with E-state index in [1.165, 1.54) is 5.56 Å². The monoisotopic (exact) mass is 146 g/mol. The summed E-state index contributed by atoms with van der Waals surface area (Å²) in [5.41, 5.74) is 1.18. The van der Waals surface area contributed by atoms with E-state index in [1.807, 2.05) is 30.3 Å². The van der Waals surface area contributed by atoms with E-state index in [0.29, 0.717) is 5.78 Å². The number of benzene rings is 1. The van der Waals surface area contributed by atoms with Gasteiger partial charge in [-0.15, -0.1) is 0 Å². The lowest BCUT2D eigenvalue weighted by Crippen LogP contribution is -2.22. The van der Waals surface area contributed by atoms with E-state index in [0.717, 1.165) is 12.8 Å². The van der Waals surface area contributed by atoms with Crippen molar-refractivity contribution in [1.29, 1.82) is 0 Å². The summed E-state index contributed by atoms with van der Waals surface area (Å²) in [5, 5.41) is 0. The van der Waals surface area contributed by atoms with Gasteiger partial charge in [-0.05, 0) is 12.0 Å². The van der Waals surface area contributed by atoms with Gasteiger partial charge in [-0.25, -0.2) is 0 Å². The van der Waals surface area contributed by atoms with Crippen LogP contribution >= 0.6 is 0 Å². The normalized spacial score (nSPS) is 22.9. The lowest BCUT2D eigenvalue weighted by atomic mass is 9.79. The first kappa shape index (κ1) is 6.59. The average molecular weight is 146 g/mol. The van der Waals surface area contributed by atoms with E-state index in [-0.39, 0.29) is 5.92 Å². The fraction of sp³-hybridized carbons (Fsp3) is 0.300. The van der Waals surface area contributed by atoms with Crippen molar-refractivity contribution < 1.29 is 4.79 Å². The number of hydrogen-bond acceptors (Lipinski definition) is 1. The largest absolute Gasteiger partial charge is 0.299 e. The van der Waals surface area contributed by atoms with Crippen molar-refractivity contribution in [2.45, 2.75) is 18.8 Å². The van der Waals surface area contributed by atoms with Gasteiger partial charge in [0.1, 0.15) is 5.78 Å². The molecule has 1 saturated carbocycles. The molecular formula is C10H10O. The Morgan fingerprint density at radius 1 is 1.18 bits per heavy atom. The minimum absolute atomic E-state index is 0.219. The second-order valence-corrected chi connectivity index (χ2v) is 2.97. The Morgan fingerprint density at radius 2 is 1.91 bits per heavy atom. The van der Waals surface area contributed by atoms with E-state index in [4.69, 9.17) is 0 Å². The molecule has 0 spiro atoms. The topological polar surface area (TPSA) is 17.1 Å². The van der Waals surface area contributed by atoms with E-state index < -0.39 is 0 Å². The Bertz CT molecular complexity index is 263. The zero-order valence-corrected chi connectivity index (χ0v) is 6.29. The van der Waals surface area contributed by atoms with Crippen molar-refractivity contribution in [2.75, 3.05) is 0 Å². The summed E-state index contributed by atoms with van der Waals surface area (Å²) in [6.07, 6.45) is 1.82. The third kappa shape index (κ3) is 1.07. The molecule has 0 unspecified atom stereocenters. The van der Waals surface area contributed by atoms with Gasteiger partial charge in [-0.2, -0.15) is 0 Å². The Kier molecular flexibility index (Phi) is 1.50. The van der Waals surface area contributed by atoms with Crippen LogP contribution in [0, 0.1) is 0 Å². The molecule has 0 N–H and O–H groups in total. The first-order chi connectivity index (χ1) is 5.38. The lowest BCUT2D eigenvalue weighted by Gasteiger charge is -2.23. The molecule has 1 aliphatic rings. The maximum Gasteiger partial charge on any atom is 0.140 e. The van der Waals surface area contributed by atoms with Crippen LogP contribution in [0.2, 0.25) is 0 Å². The number of carbonyl (C=O) groups is 1. The molecule has 0 heterocycles. The summed E-state index contributed by atoms with van der Waals surface area (Å²) in [7, 11) is 0. The van der Waals surface area contributed by atoms with Gasteiger partial charge in [0.25, 0.3) is 0 Å².